The second kappa shape index (κ2) is 5.38. The molecule has 0 aliphatic heterocycles. The van der Waals surface area contributed by atoms with Crippen molar-refractivity contribution in [3.8, 4) is 0 Å². The molecule has 1 aromatic heterocycles. The Morgan fingerprint density at radius 2 is 2.17 bits per heavy atom. The van der Waals surface area contributed by atoms with E-state index in [1.54, 1.807) is 0 Å². The maximum absolute atomic E-state index is 12.0. The number of rotatable bonds is 4. The van der Waals surface area contributed by atoms with E-state index in [0.717, 1.165) is 18.0 Å². The fourth-order valence-electron chi connectivity index (χ4n) is 2.42. The Morgan fingerprint density at radius 1 is 1.44 bits per heavy atom. The largest absolute Gasteiger partial charge is 0.481 e. The molecule has 0 bridgehead atoms. The van der Waals surface area contributed by atoms with Crippen molar-refractivity contribution < 1.29 is 14.7 Å². The number of hydrogen-bond donors (Lipinski definition) is 2. The molecular formula is C10H14N4O3S. The summed E-state index contributed by atoms with van der Waals surface area (Å²) in [5.74, 6) is -1.99. The average molecular weight is 270 g/mol. The van der Waals surface area contributed by atoms with Gasteiger partial charge in [0, 0.05) is 11.5 Å². The zero-order valence-electron chi connectivity index (χ0n) is 9.87. The molecule has 2 N–H and O–H groups in total. The van der Waals surface area contributed by atoms with Gasteiger partial charge in [0.05, 0.1) is 11.8 Å². The molecule has 3 atom stereocenters. The van der Waals surface area contributed by atoms with Gasteiger partial charge in [-0.3, -0.25) is 14.9 Å². The summed E-state index contributed by atoms with van der Waals surface area (Å²) < 4.78 is 3.54. The SMILES string of the molecule is CCC1CC(C(=O)O)C(C(=O)Nc2nnns2)C1. The summed E-state index contributed by atoms with van der Waals surface area (Å²) in [5.41, 5.74) is 0. The minimum absolute atomic E-state index is 0.295. The van der Waals surface area contributed by atoms with Gasteiger partial charge < -0.3 is 5.11 Å². The highest BCUT2D eigenvalue weighted by Gasteiger charge is 2.42. The number of carboxylic acids is 1. The van der Waals surface area contributed by atoms with Crippen molar-refractivity contribution in [2.75, 3.05) is 5.32 Å². The Balaban J connectivity index is 2.05. The third kappa shape index (κ3) is 2.63. The first-order valence-electron chi connectivity index (χ1n) is 5.80. The van der Waals surface area contributed by atoms with E-state index in [2.05, 4.69) is 20.1 Å². The van der Waals surface area contributed by atoms with E-state index in [0.29, 0.717) is 23.9 Å². The van der Waals surface area contributed by atoms with Crippen molar-refractivity contribution in [1.82, 2.24) is 14.8 Å². The molecule has 1 aliphatic carbocycles. The Labute approximate surface area is 108 Å². The highest BCUT2D eigenvalue weighted by atomic mass is 32.1. The molecule has 2 rings (SSSR count). The van der Waals surface area contributed by atoms with Crippen molar-refractivity contribution in [3.05, 3.63) is 0 Å². The lowest BCUT2D eigenvalue weighted by molar-refractivity contribution is -0.145. The van der Waals surface area contributed by atoms with E-state index < -0.39 is 17.8 Å². The number of nitrogens with zero attached hydrogens (tertiary/aromatic N) is 3. The van der Waals surface area contributed by atoms with Gasteiger partial charge in [-0.05, 0) is 24.0 Å². The quantitative estimate of drug-likeness (QED) is 0.845. The topological polar surface area (TPSA) is 105 Å². The molecule has 98 valence electrons. The van der Waals surface area contributed by atoms with Crippen LogP contribution in [-0.4, -0.2) is 31.8 Å². The van der Waals surface area contributed by atoms with E-state index in [-0.39, 0.29) is 5.91 Å². The smallest absolute Gasteiger partial charge is 0.307 e. The van der Waals surface area contributed by atoms with Crippen molar-refractivity contribution in [2.24, 2.45) is 17.8 Å². The maximum Gasteiger partial charge on any atom is 0.307 e. The number of aliphatic carboxylic acids is 1. The first kappa shape index (κ1) is 12.9. The van der Waals surface area contributed by atoms with Gasteiger partial charge in [-0.2, -0.15) is 0 Å². The lowest BCUT2D eigenvalue weighted by Crippen LogP contribution is -2.29. The standard InChI is InChI=1S/C10H14N4O3S/c1-2-5-3-6(7(4-5)9(16)17)8(15)11-10-12-13-14-18-10/h5-7H,2-4H2,1H3,(H,16,17)(H,11,12,14,15). The zero-order valence-corrected chi connectivity index (χ0v) is 10.7. The van der Waals surface area contributed by atoms with Crippen molar-refractivity contribution >= 4 is 28.5 Å². The number of nitrogens with one attached hydrogen (secondary N) is 1. The molecular weight excluding hydrogens is 256 g/mol. The molecule has 1 heterocycles. The molecule has 1 fully saturated rings. The second-order valence-electron chi connectivity index (χ2n) is 4.45. The molecule has 0 spiro atoms. The number of carboxylic acid groups (broad SMARTS) is 1. The van der Waals surface area contributed by atoms with Crippen LogP contribution in [-0.2, 0) is 9.59 Å². The summed E-state index contributed by atoms with van der Waals surface area (Å²) in [6.07, 6.45) is 2.08. The highest BCUT2D eigenvalue weighted by Crippen LogP contribution is 2.38. The molecule has 3 unspecified atom stereocenters. The molecule has 1 saturated carbocycles. The molecule has 7 nitrogen and oxygen atoms in total. The second-order valence-corrected chi connectivity index (χ2v) is 5.19. The van der Waals surface area contributed by atoms with E-state index in [1.165, 1.54) is 0 Å². The minimum atomic E-state index is -0.901. The van der Waals surface area contributed by atoms with Crippen LogP contribution in [0.5, 0.6) is 0 Å². The predicted molar refractivity (Wildman–Crippen MR) is 64.0 cm³/mol. The Morgan fingerprint density at radius 3 is 2.72 bits per heavy atom. The Bertz CT molecular complexity index is 436. The number of anilines is 1. The summed E-state index contributed by atoms with van der Waals surface area (Å²) in [6, 6.07) is 0. The Hall–Kier alpha value is -1.57. The van der Waals surface area contributed by atoms with Gasteiger partial charge in [0.25, 0.3) is 0 Å². The zero-order chi connectivity index (χ0) is 13.1. The number of carbonyl (C=O) groups is 2. The van der Waals surface area contributed by atoms with Crippen LogP contribution in [0.15, 0.2) is 0 Å². The highest BCUT2D eigenvalue weighted by molar-refractivity contribution is 7.09. The van der Waals surface area contributed by atoms with E-state index >= 15 is 0 Å². The Kier molecular flexibility index (Phi) is 3.85. The lowest BCUT2D eigenvalue weighted by Gasteiger charge is -2.13. The van der Waals surface area contributed by atoms with Gasteiger partial charge in [-0.1, -0.05) is 22.9 Å². The van der Waals surface area contributed by atoms with Crippen molar-refractivity contribution in [3.63, 3.8) is 0 Å². The number of hydrogen-bond acceptors (Lipinski definition) is 6. The van der Waals surface area contributed by atoms with Gasteiger partial charge in [0.15, 0.2) is 0 Å². The number of aromatic nitrogens is 3. The van der Waals surface area contributed by atoms with Crippen LogP contribution in [0.3, 0.4) is 0 Å². The van der Waals surface area contributed by atoms with Crippen LogP contribution in [0, 0.1) is 17.8 Å². The summed E-state index contributed by atoms with van der Waals surface area (Å²) in [7, 11) is 0. The van der Waals surface area contributed by atoms with Gasteiger partial charge in [0.1, 0.15) is 0 Å². The van der Waals surface area contributed by atoms with Crippen molar-refractivity contribution in [2.45, 2.75) is 26.2 Å². The van der Waals surface area contributed by atoms with Crippen LogP contribution in [0.4, 0.5) is 5.13 Å². The van der Waals surface area contributed by atoms with Crippen molar-refractivity contribution in [1.29, 1.82) is 0 Å². The van der Waals surface area contributed by atoms with Crippen LogP contribution in [0.1, 0.15) is 26.2 Å². The van der Waals surface area contributed by atoms with Gasteiger partial charge in [-0.15, -0.1) is 0 Å². The first-order valence-corrected chi connectivity index (χ1v) is 6.57. The molecule has 8 heteroatoms. The minimum Gasteiger partial charge on any atom is -0.481 e. The third-order valence-corrected chi connectivity index (χ3v) is 3.93. The summed E-state index contributed by atoms with van der Waals surface area (Å²) in [6.45, 7) is 2.01. The molecule has 1 aromatic rings. The number of amides is 1. The van der Waals surface area contributed by atoms with Crippen LogP contribution >= 0.6 is 11.5 Å². The monoisotopic (exact) mass is 270 g/mol. The van der Waals surface area contributed by atoms with Gasteiger partial charge in [-0.25, -0.2) is 0 Å². The third-order valence-electron chi connectivity index (χ3n) is 3.42. The van der Waals surface area contributed by atoms with Gasteiger partial charge >= 0.3 is 5.97 Å². The summed E-state index contributed by atoms with van der Waals surface area (Å²) >= 11 is 0.975. The van der Waals surface area contributed by atoms with Crippen LogP contribution < -0.4 is 5.32 Å². The maximum atomic E-state index is 12.0. The number of carbonyl (C=O) groups excluding carboxylic acids is 1. The van der Waals surface area contributed by atoms with E-state index in [4.69, 9.17) is 5.11 Å². The first-order chi connectivity index (χ1) is 8.61. The van der Waals surface area contributed by atoms with Gasteiger partial charge in [0.2, 0.25) is 11.0 Å². The average Bonchev–Trinajstić information content (AvgIpc) is 2.96. The van der Waals surface area contributed by atoms with Crippen LogP contribution in [0.25, 0.3) is 0 Å². The normalized spacial score (nSPS) is 27.1. The van der Waals surface area contributed by atoms with E-state index in [1.807, 2.05) is 6.92 Å². The summed E-state index contributed by atoms with van der Waals surface area (Å²) in [4.78, 5) is 23.2. The molecule has 1 aliphatic rings. The molecule has 0 saturated heterocycles. The molecule has 18 heavy (non-hydrogen) atoms. The predicted octanol–water partition coefficient (Wildman–Crippen LogP) is 1.01. The lowest BCUT2D eigenvalue weighted by atomic mass is 9.95. The molecule has 1 amide bonds. The fourth-order valence-corrected chi connectivity index (χ4v) is 2.79. The van der Waals surface area contributed by atoms with E-state index in [9.17, 15) is 9.59 Å². The molecule has 0 radical (unpaired) electrons. The fraction of sp³-hybridized carbons (Fsp3) is 0.700. The molecule has 0 aromatic carbocycles. The van der Waals surface area contributed by atoms with Crippen LogP contribution in [0.2, 0.25) is 0 Å². The summed E-state index contributed by atoms with van der Waals surface area (Å²) in [5, 5.41) is 19.0.